The Kier molecular flexibility index (Phi) is 5.49. The fraction of sp³-hybridized carbons (Fsp3) is 0.389. The molecular formula is C18H23N7O2. The average molecular weight is 369 g/mol. The molecule has 0 aliphatic rings. The second kappa shape index (κ2) is 7.98. The maximum absolute atomic E-state index is 12.4. The zero-order valence-electron chi connectivity index (χ0n) is 15.9. The summed E-state index contributed by atoms with van der Waals surface area (Å²) < 4.78 is 5.28. The molecule has 0 unspecified atom stereocenters. The number of amides is 2. The number of hydrogen-bond donors (Lipinski definition) is 2. The van der Waals surface area contributed by atoms with Crippen molar-refractivity contribution >= 4 is 6.03 Å². The molecule has 0 radical (unpaired) electrons. The van der Waals surface area contributed by atoms with E-state index in [4.69, 9.17) is 4.52 Å². The number of urea groups is 1. The molecule has 142 valence electrons. The van der Waals surface area contributed by atoms with Crippen molar-refractivity contribution in [1.29, 1.82) is 0 Å². The van der Waals surface area contributed by atoms with Crippen LogP contribution in [0.25, 0.3) is 11.4 Å². The van der Waals surface area contributed by atoms with Gasteiger partial charge >= 0.3 is 6.03 Å². The highest BCUT2D eigenvalue weighted by Gasteiger charge is 2.19. The summed E-state index contributed by atoms with van der Waals surface area (Å²) in [5.74, 6) is 0.817. The number of rotatable bonds is 6. The van der Waals surface area contributed by atoms with E-state index in [1.807, 2.05) is 13.8 Å². The molecule has 1 atom stereocenters. The SMILES string of the molecule is Cc1n[nH]c(C)c1CCN(C)C(=O)N[C@H](C)c1nc(-c2ccncc2)no1. The number of aryl methyl sites for hydroxylation is 2. The van der Waals surface area contributed by atoms with E-state index in [2.05, 4.69) is 30.6 Å². The van der Waals surface area contributed by atoms with Crippen molar-refractivity contribution in [3.05, 3.63) is 47.4 Å². The summed E-state index contributed by atoms with van der Waals surface area (Å²) in [5.41, 5.74) is 3.94. The van der Waals surface area contributed by atoms with Gasteiger partial charge in [-0.25, -0.2) is 4.79 Å². The molecule has 9 nitrogen and oxygen atoms in total. The van der Waals surface area contributed by atoms with E-state index in [-0.39, 0.29) is 6.03 Å². The number of nitrogens with one attached hydrogen (secondary N) is 2. The third-order valence-corrected chi connectivity index (χ3v) is 4.42. The van der Waals surface area contributed by atoms with Gasteiger partial charge in [-0.2, -0.15) is 10.1 Å². The number of pyridine rings is 1. The number of hydrogen-bond acceptors (Lipinski definition) is 6. The average Bonchev–Trinajstić information content (AvgIpc) is 3.28. The first-order valence-corrected chi connectivity index (χ1v) is 8.71. The topological polar surface area (TPSA) is 113 Å². The van der Waals surface area contributed by atoms with Gasteiger partial charge in [-0.3, -0.25) is 10.1 Å². The van der Waals surface area contributed by atoms with Crippen molar-refractivity contribution in [2.75, 3.05) is 13.6 Å². The number of H-pyrrole nitrogens is 1. The van der Waals surface area contributed by atoms with Crippen LogP contribution >= 0.6 is 0 Å². The van der Waals surface area contributed by atoms with E-state index in [0.29, 0.717) is 18.3 Å². The first-order valence-electron chi connectivity index (χ1n) is 8.71. The van der Waals surface area contributed by atoms with Crippen LogP contribution in [-0.2, 0) is 6.42 Å². The summed E-state index contributed by atoms with van der Waals surface area (Å²) in [6, 6.07) is 2.99. The summed E-state index contributed by atoms with van der Waals surface area (Å²) in [4.78, 5) is 22.4. The Morgan fingerprint density at radius 1 is 1.33 bits per heavy atom. The molecule has 0 bridgehead atoms. The van der Waals surface area contributed by atoms with Crippen molar-refractivity contribution < 1.29 is 9.32 Å². The van der Waals surface area contributed by atoms with E-state index >= 15 is 0 Å². The number of aromatic nitrogens is 5. The molecule has 0 aliphatic carbocycles. The molecule has 3 aromatic heterocycles. The highest BCUT2D eigenvalue weighted by atomic mass is 16.5. The lowest BCUT2D eigenvalue weighted by molar-refractivity contribution is 0.202. The van der Waals surface area contributed by atoms with Gasteiger partial charge in [0.05, 0.1) is 5.69 Å². The fourth-order valence-electron chi connectivity index (χ4n) is 2.71. The van der Waals surface area contributed by atoms with Crippen molar-refractivity contribution in [3.63, 3.8) is 0 Å². The normalized spacial score (nSPS) is 12.0. The van der Waals surface area contributed by atoms with Crippen LogP contribution in [-0.4, -0.2) is 49.8 Å². The zero-order valence-corrected chi connectivity index (χ0v) is 15.9. The summed E-state index contributed by atoms with van der Waals surface area (Å²) in [6.07, 6.45) is 4.06. The molecule has 0 spiro atoms. The van der Waals surface area contributed by atoms with Crippen molar-refractivity contribution in [1.82, 2.24) is 35.5 Å². The highest BCUT2D eigenvalue weighted by molar-refractivity contribution is 5.74. The van der Waals surface area contributed by atoms with Crippen LogP contribution in [0.5, 0.6) is 0 Å². The third-order valence-electron chi connectivity index (χ3n) is 4.42. The minimum atomic E-state index is -0.402. The van der Waals surface area contributed by atoms with E-state index in [0.717, 1.165) is 28.9 Å². The molecule has 0 saturated carbocycles. The molecule has 3 rings (SSSR count). The van der Waals surface area contributed by atoms with E-state index < -0.39 is 6.04 Å². The zero-order chi connectivity index (χ0) is 19.4. The number of nitrogens with zero attached hydrogens (tertiary/aromatic N) is 5. The Bertz CT molecular complexity index is 884. The molecule has 2 amide bonds. The number of carbonyl (C=O) groups is 1. The third kappa shape index (κ3) is 4.30. The Hall–Kier alpha value is -3.23. The maximum atomic E-state index is 12.4. The van der Waals surface area contributed by atoms with E-state index in [1.54, 1.807) is 43.4 Å². The smallest absolute Gasteiger partial charge is 0.317 e. The second-order valence-electron chi connectivity index (χ2n) is 6.45. The van der Waals surface area contributed by atoms with Crippen LogP contribution in [0.4, 0.5) is 4.79 Å². The maximum Gasteiger partial charge on any atom is 0.317 e. The van der Waals surface area contributed by atoms with E-state index in [9.17, 15) is 4.79 Å². The summed E-state index contributed by atoms with van der Waals surface area (Å²) in [6.45, 7) is 6.32. The lowest BCUT2D eigenvalue weighted by Gasteiger charge is -2.20. The molecule has 3 heterocycles. The van der Waals surface area contributed by atoms with Crippen LogP contribution in [0, 0.1) is 13.8 Å². The quantitative estimate of drug-likeness (QED) is 0.690. The highest BCUT2D eigenvalue weighted by Crippen LogP contribution is 2.18. The Morgan fingerprint density at radius 2 is 2.07 bits per heavy atom. The molecule has 0 aromatic carbocycles. The lowest BCUT2D eigenvalue weighted by Crippen LogP contribution is -2.39. The summed E-state index contributed by atoms with van der Waals surface area (Å²) in [5, 5.41) is 14.0. The van der Waals surface area contributed by atoms with Crippen LogP contribution in [0.2, 0.25) is 0 Å². The molecule has 0 fully saturated rings. The van der Waals surface area contributed by atoms with Crippen LogP contribution in [0.15, 0.2) is 29.0 Å². The Balaban J connectivity index is 1.56. The molecule has 2 N–H and O–H groups in total. The van der Waals surface area contributed by atoms with Crippen LogP contribution < -0.4 is 5.32 Å². The summed E-state index contributed by atoms with van der Waals surface area (Å²) >= 11 is 0. The van der Waals surface area contributed by atoms with Gasteiger partial charge in [0.1, 0.15) is 6.04 Å². The van der Waals surface area contributed by atoms with Gasteiger partial charge in [0.2, 0.25) is 11.7 Å². The summed E-state index contributed by atoms with van der Waals surface area (Å²) in [7, 11) is 1.75. The van der Waals surface area contributed by atoms with Crippen LogP contribution in [0.3, 0.4) is 0 Å². The van der Waals surface area contributed by atoms with Gasteiger partial charge in [-0.05, 0) is 44.9 Å². The first kappa shape index (κ1) is 18.6. The minimum absolute atomic E-state index is 0.204. The van der Waals surface area contributed by atoms with Gasteiger partial charge in [0.15, 0.2) is 0 Å². The first-order chi connectivity index (χ1) is 13.0. The minimum Gasteiger partial charge on any atom is -0.337 e. The standard InChI is InChI=1S/C18H23N7O2/c1-11-15(12(2)23-22-11)7-10-25(4)18(26)20-13(3)17-21-16(24-27-17)14-5-8-19-9-6-14/h5-6,8-9,13H,7,10H2,1-4H3,(H,20,26)(H,22,23)/t13-/m1/s1. The molecular weight excluding hydrogens is 346 g/mol. The van der Waals surface area contributed by atoms with Crippen molar-refractivity contribution in [2.45, 2.75) is 33.2 Å². The molecule has 3 aromatic rings. The van der Waals surface area contributed by atoms with E-state index in [1.165, 1.54) is 0 Å². The van der Waals surface area contributed by atoms with Gasteiger partial charge in [-0.1, -0.05) is 5.16 Å². The van der Waals surface area contributed by atoms with Crippen molar-refractivity contribution in [2.24, 2.45) is 0 Å². The second-order valence-corrected chi connectivity index (χ2v) is 6.45. The van der Waals surface area contributed by atoms with Gasteiger partial charge in [0, 0.05) is 37.2 Å². The lowest BCUT2D eigenvalue weighted by atomic mass is 10.1. The molecule has 27 heavy (non-hydrogen) atoms. The number of carbonyl (C=O) groups excluding carboxylic acids is 1. The molecule has 0 aliphatic heterocycles. The fourth-order valence-corrected chi connectivity index (χ4v) is 2.71. The Labute approximate surface area is 157 Å². The molecule has 0 saturated heterocycles. The number of likely N-dealkylation sites (N-methyl/N-ethyl adjacent to an activating group) is 1. The van der Waals surface area contributed by atoms with Gasteiger partial charge in [-0.15, -0.1) is 0 Å². The monoisotopic (exact) mass is 369 g/mol. The molecule has 9 heteroatoms. The Morgan fingerprint density at radius 3 is 2.74 bits per heavy atom. The largest absolute Gasteiger partial charge is 0.337 e. The number of aromatic amines is 1. The van der Waals surface area contributed by atoms with Crippen LogP contribution in [0.1, 0.15) is 35.8 Å². The van der Waals surface area contributed by atoms with Gasteiger partial charge in [0.25, 0.3) is 0 Å². The predicted molar refractivity (Wildman–Crippen MR) is 98.9 cm³/mol. The van der Waals surface area contributed by atoms with Crippen molar-refractivity contribution in [3.8, 4) is 11.4 Å². The predicted octanol–water partition coefficient (Wildman–Crippen LogP) is 2.42. The van der Waals surface area contributed by atoms with Gasteiger partial charge < -0.3 is 14.7 Å².